The number of nitrogens with zero attached hydrogens (tertiary/aromatic N) is 1. The smallest absolute Gasteiger partial charge is 0.330 e. The van der Waals surface area contributed by atoms with Gasteiger partial charge in [-0.3, -0.25) is 4.79 Å². The molecule has 0 spiro atoms. The molecule has 1 unspecified atom stereocenters. The van der Waals surface area contributed by atoms with Crippen LogP contribution in [0.15, 0.2) is 34.9 Å². The number of carbonyl (C=O) groups excluding carboxylic acids is 1. The fourth-order valence-corrected chi connectivity index (χ4v) is 2.70. The first-order chi connectivity index (χ1) is 10.7. The quantitative estimate of drug-likeness (QED) is 0.902. The summed E-state index contributed by atoms with van der Waals surface area (Å²) in [7, 11) is 0. The van der Waals surface area contributed by atoms with Crippen molar-refractivity contribution in [3.8, 4) is 0 Å². The number of aryl methyl sites for hydroxylation is 1. The van der Waals surface area contributed by atoms with Crippen molar-refractivity contribution < 1.29 is 19.2 Å². The number of carboxylic acids is 1. The van der Waals surface area contributed by atoms with Gasteiger partial charge in [-0.25, -0.2) is 4.79 Å². The molecule has 2 N–H and O–H groups in total. The summed E-state index contributed by atoms with van der Waals surface area (Å²) < 4.78 is 5.20. The summed E-state index contributed by atoms with van der Waals surface area (Å²) in [6.07, 6.45) is 3.52. The van der Waals surface area contributed by atoms with E-state index in [0.29, 0.717) is 5.56 Å². The van der Waals surface area contributed by atoms with Crippen LogP contribution >= 0.6 is 0 Å². The lowest BCUT2D eigenvalue weighted by Crippen LogP contribution is -2.34. The fraction of sp³-hybridized carbons (Fsp3) is 0.312. The van der Waals surface area contributed by atoms with Gasteiger partial charge in [0.2, 0.25) is 0 Å². The third-order valence-electron chi connectivity index (χ3n) is 3.82. The molecule has 1 amide bonds. The number of amides is 1. The molecule has 0 aliphatic heterocycles. The van der Waals surface area contributed by atoms with Gasteiger partial charge >= 0.3 is 5.97 Å². The lowest BCUT2D eigenvalue weighted by atomic mass is 9.96. The zero-order valence-corrected chi connectivity index (χ0v) is 11.9. The number of hydrogen-bond donors (Lipinski definition) is 2. The fourth-order valence-electron chi connectivity index (χ4n) is 2.70. The molecule has 1 aromatic heterocycles. The topological polar surface area (TPSA) is 92.4 Å². The van der Waals surface area contributed by atoms with Crippen molar-refractivity contribution in [3.63, 3.8) is 0 Å². The zero-order valence-electron chi connectivity index (χ0n) is 11.9. The average molecular weight is 300 g/mol. The van der Waals surface area contributed by atoms with Crippen LogP contribution in [0.2, 0.25) is 0 Å². The zero-order chi connectivity index (χ0) is 15.5. The molecule has 0 radical (unpaired) electrons. The molecule has 6 heteroatoms. The maximum absolute atomic E-state index is 12.4. The largest absolute Gasteiger partial charge is 0.479 e. The first-order valence-corrected chi connectivity index (χ1v) is 7.23. The van der Waals surface area contributed by atoms with E-state index in [2.05, 4.69) is 10.5 Å². The van der Waals surface area contributed by atoms with Gasteiger partial charge in [0.05, 0.1) is 0 Å². The lowest BCUT2D eigenvalue weighted by molar-refractivity contribution is -0.139. The van der Waals surface area contributed by atoms with Crippen LogP contribution in [0.5, 0.6) is 0 Å². The highest BCUT2D eigenvalue weighted by atomic mass is 16.5. The highest BCUT2D eigenvalue weighted by Crippen LogP contribution is 2.24. The highest BCUT2D eigenvalue weighted by Gasteiger charge is 2.28. The van der Waals surface area contributed by atoms with Crippen molar-refractivity contribution in [2.45, 2.75) is 31.7 Å². The predicted molar refractivity (Wildman–Crippen MR) is 77.4 cm³/mol. The summed E-state index contributed by atoms with van der Waals surface area (Å²) in [5, 5.41) is 15.7. The molecule has 22 heavy (non-hydrogen) atoms. The van der Waals surface area contributed by atoms with Crippen LogP contribution in [0.25, 0.3) is 0 Å². The second kappa shape index (κ2) is 6.01. The van der Waals surface area contributed by atoms with Gasteiger partial charge in [-0.15, -0.1) is 0 Å². The Morgan fingerprint density at radius 3 is 2.64 bits per heavy atom. The maximum Gasteiger partial charge on any atom is 0.330 e. The summed E-state index contributed by atoms with van der Waals surface area (Å²) in [6, 6.07) is 7.47. The molecule has 0 saturated heterocycles. The number of aliphatic carboxylic acids is 1. The van der Waals surface area contributed by atoms with E-state index >= 15 is 0 Å². The van der Waals surface area contributed by atoms with Gasteiger partial charge in [-0.2, -0.15) is 0 Å². The predicted octanol–water partition coefficient (Wildman–Crippen LogP) is 2.11. The molecule has 2 aromatic rings. The number of aromatic nitrogens is 1. The number of fused-ring (bicyclic) bond motifs is 1. The van der Waals surface area contributed by atoms with Crippen LogP contribution in [0.3, 0.4) is 0 Å². The summed E-state index contributed by atoms with van der Waals surface area (Å²) in [4.78, 5) is 23.8. The van der Waals surface area contributed by atoms with Gasteiger partial charge in [0.25, 0.3) is 5.91 Å². The molecule has 0 saturated carbocycles. The Kier molecular flexibility index (Phi) is 3.91. The van der Waals surface area contributed by atoms with Crippen LogP contribution in [0, 0.1) is 0 Å². The minimum absolute atomic E-state index is 0.205. The van der Waals surface area contributed by atoms with Gasteiger partial charge in [0, 0.05) is 12.0 Å². The molecule has 1 aliphatic carbocycles. The summed E-state index contributed by atoms with van der Waals surface area (Å²) >= 11 is 0. The highest BCUT2D eigenvalue weighted by molar-refractivity contribution is 5.96. The molecule has 1 heterocycles. The SMILES string of the molecule is O=C(NC(C(=O)O)c1ccccc1)c1noc2c1CCCC2. The molecule has 1 atom stereocenters. The Bertz CT molecular complexity index is 693. The van der Waals surface area contributed by atoms with Crippen molar-refractivity contribution in [3.05, 3.63) is 52.9 Å². The van der Waals surface area contributed by atoms with E-state index in [1.807, 2.05) is 0 Å². The first-order valence-electron chi connectivity index (χ1n) is 7.23. The number of carbonyl (C=O) groups is 2. The van der Waals surface area contributed by atoms with Crippen molar-refractivity contribution in [1.29, 1.82) is 0 Å². The van der Waals surface area contributed by atoms with Crippen LogP contribution in [0.4, 0.5) is 0 Å². The number of hydrogen-bond acceptors (Lipinski definition) is 4. The van der Waals surface area contributed by atoms with Gasteiger partial charge in [-0.1, -0.05) is 35.5 Å². The molecule has 114 valence electrons. The van der Waals surface area contributed by atoms with E-state index < -0.39 is 17.9 Å². The second-order valence-electron chi connectivity index (χ2n) is 5.30. The van der Waals surface area contributed by atoms with E-state index in [4.69, 9.17) is 4.52 Å². The lowest BCUT2D eigenvalue weighted by Gasteiger charge is -2.15. The van der Waals surface area contributed by atoms with Crippen molar-refractivity contribution in [2.24, 2.45) is 0 Å². The molecular weight excluding hydrogens is 284 g/mol. The Morgan fingerprint density at radius 2 is 1.91 bits per heavy atom. The summed E-state index contributed by atoms with van der Waals surface area (Å²) in [5.74, 6) is -0.886. The third kappa shape index (κ3) is 2.72. The molecular formula is C16H16N2O4. The van der Waals surface area contributed by atoms with Crippen molar-refractivity contribution in [1.82, 2.24) is 10.5 Å². The minimum Gasteiger partial charge on any atom is -0.479 e. The summed E-state index contributed by atoms with van der Waals surface area (Å²) in [5.41, 5.74) is 1.53. The monoisotopic (exact) mass is 300 g/mol. The molecule has 0 fully saturated rings. The standard InChI is InChI=1S/C16H16N2O4/c19-15(14-11-8-4-5-9-12(11)22-18-14)17-13(16(20)21)10-6-2-1-3-7-10/h1-3,6-7,13H,4-5,8-9H2,(H,17,19)(H,20,21). The van der Waals surface area contributed by atoms with Gasteiger partial charge < -0.3 is 14.9 Å². The Balaban J connectivity index is 1.83. The van der Waals surface area contributed by atoms with E-state index in [0.717, 1.165) is 37.0 Å². The van der Waals surface area contributed by atoms with Crippen LogP contribution in [0.1, 0.15) is 46.3 Å². The van der Waals surface area contributed by atoms with E-state index in [1.54, 1.807) is 30.3 Å². The second-order valence-corrected chi connectivity index (χ2v) is 5.30. The van der Waals surface area contributed by atoms with Crippen LogP contribution in [-0.4, -0.2) is 22.1 Å². The number of nitrogens with one attached hydrogen (secondary N) is 1. The molecule has 0 bridgehead atoms. The van der Waals surface area contributed by atoms with Crippen molar-refractivity contribution in [2.75, 3.05) is 0 Å². The van der Waals surface area contributed by atoms with Gasteiger partial charge in [-0.05, 0) is 24.8 Å². The number of benzene rings is 1. The van der Waals surface area contributed by atoms with Crippen LogP contribution in [-0.2, 0) is 17.6 Å². The van der Waals surface area contributed by atoms with Crippen LogP contribution < -0.4 is 5.32 Å². The molecule has 3 rings (SSSR count). The number of carboxylic acid groups (broad SMARTS) is 1. The average Bonchev–Trinajstić information content (AvgIpc) is 2.97. The van der Waals surface area contributed by atoms with E-state index in [9.17, 15) is 14.7 Å². The first kappa shape index (κ1) is 14.3. The van der Waals surface area contributed by atoms with Gasteiger partial charge in [0.15, 0.2) is 11.7 Å². The van der Waals surface area contributed by atoms with E-state index in [1.165, 1.54) is 0 Å². The Hall–Kier alpha value is -2.63. The Labute approximate surface area is 127 Å². The normalized spacial score (nSPS) is 14.9. The van der Waals surface area contributed by atoms with Crippen molar-refractivity contribution >= 4 is 11.9 Å². The molecule has 1 aromatic carbocycles. The number of rotatable bonds is 4. The maximum atomic E-state index is 12.4. The third-order valence-corrected chi connectivity index (χ3v) is 3.82. The Morgan fingerprint density at radius 1 is 1.18 bits per heavy atom. The van der Waals surface area contributed by atoms with E-state index in [-0.39, 0.29) is 5.69 Å². The summed E-state index contributed by atoms with van der Waals surface area (Å²) in [6.45, 7) is 0. The molecule has 6 nitrogen and oxygen atoms in total. The minimum atomic E-state index is -1.11. The van der Waals surface area contributed by atoms with Gasteiger partial charge in [0.1, 0.15) is 5.76 Å². The molecule has 1 aliphatic rings.